The predicted octanol–water partition coefficient (Wildman–Crippen LogP) is 2.11. The van der Waals surface area contributed by atoms with Crippen molar-refractivity contribution in [3.8, 4) is 0 Å². The summed E-state index contributed by atoms with van der Waals surface area (Å²) in [6.45, 7) is 1.99. The molecule has 5 rings (SSSR count). The zero-order valence-corrected chi connectivity index (χ0v) is 12.7. The van der Waals surface area contributed by atoms with E-state index in [9.17, 15) is 0 Å². The van der Waals surface area contributed by atoms with Crippen LogP contribution in [0.25, 0.3) is 22.1 Å². The van der Waals surface area contributed by atoms with Gasteiger partial charge in [0.1, 0.15) is 11.1 Å². The molecule has 0 spiro atoms. The van der Waals surface area contributed by atoms with E-state index < -0.39 is 0 Å². The van der Waals surface area contributed by atoms with Crippen molar-refractivity contribution < 1.29 is 4.42 Å². The molecule has 2 fully saturated rings. The molecule has 22 heavy (non-hydrogen) atoms. The van der Waals surface area contributed by atoms with Gasteiger partial charge in [-0.15, -0.1) is 0 Å². The molecule has 0 radical (unpaired) electrons. The molecular weight excluding hydrogens is 302 g/mol. The van der Waals surface area contributed by atoms with Gasteiger partial charge in [-0.3, -0.25) is 4.90 Å². The SMILES string of the molecule is CN1CC2[C@@H]1CN2c1nc(N)nc2c1oc1ccc(Cl)cc12. The highest BCUT2D eigenvalue weighted by atomic mass is 35.5. The number of aromatic nitrogens is 2. The summed E-state index contributed by atoms with van der Waals surface area (Å²) >= 11 is 6.09. The monoisotopic (exact) mass is 315 g/mol. The minimum atomic E-state index is 0.265. The number of furan rings is 1. The molecule has 112 valence electrons. The zero-order valence-electron chi connectivity index (χ0n) is 12.0. The first-order valence-corrected chi connectivity index (χ1v) is 7.62. The minimum absolute atomic E-state index is 0.265. The number of nitrogens with two attached hydrogens (primary N) is 1. The number of likely N-dealkylation sites (N-methyl/N-ethyl adjacent to an activating group) is 1. The number of fused-ring (bicyclic) bond motifs is 4. The summed E-state index contributed by atoms with van der Waals surface area (Å²) < 4.78 is 5.99. The summed E-state index contributed by atoms with van der Waals surface area (Å²) in [5.41, 5.74) is 8.10. The normalized spacial score (nSPS) is 24.4. The topological polar surface area (TPSA) is 71.4 Å². The van der Waals surface area contributed by atoms with Crippen LogP contribution in [0.5, 0.6) is 0 Å². The standard InChI is InChI=1S/C15H14ClN5O/c1-20-5-10-9(20)6-21(10)14-13-12(18-15(17)19-14)8-4-7(16)2-3-11(8)22-13/h2-4,9-10H,5-6H2,1H3,(H2,17,18,19)/t9-,10?/m0/s1. The van der Waals surface area contributed by atoms with Crippen LogP contribution in [0.4, 0.5) is 11.8 Å². The molecule has 1 aromatic carbocycles. The Hall–Kier alpha value is -2.05. The van der Waals surface area contributed by atoms with Gasteiger partial charge in [0.05, 0.1) is 6.04 Å². The van der Waals surface area contributed by atoms with E-state index in [1.165, 1.54) is 0 Å². The van der Waals surface area contributed by atoms with Crippen LogP contribution >= 0.6 is 11.6 Å². The second kappa shape index (κ2) is 4.02. The van der Waals surface area contributed by atoms with Crippen molar-refractivity contribution >= 4 is 45.4 Å². The fourth-order valence-electron chi connectivity index (χ4n) is 3.53. The molecule has 0 amide bonds. The van der Waals surface area contributed by atoms with Gasteiger partial charge in [-0.2, -0.15) is 4.98 Å². The summed E-state index contributed by atoms with van der Waals surface area (Å²) in [6.07, 6.45) is 0. The zero-order chi connectivity index (χ0) is 15.0. The number of hydrogen-bond donors (Lipinski definition) is 1. The molecule has 2 atom stereocenters. The van der Waals surface area contributed by atoms with E-state index in [2.05, 4.69) is 26.8 Å². The molecule has 0 aliphatic carbocycles. The van der Waals surface area contributed by atoms with Gasteiger partial charge in [0.2, 0.25) is 5.95 Å². The van der Waals surface area contributed by atoms with Crippen LogP contribution in [0.2, 0.25) is 5.02 Å². The number of nitrogens with zero attached hydrogens (tertiary/aromatic N) is 4. The molecule has 0 saturated carbocycles. The average molecular weight is 316 g/mol. The second-order valence-electron chi connectivity index (χ2n) is 6.05. The van der Waals surface area contributed by atoms with Crippen LogP contribution in [0.1, 0.15) is 0 Å². The molecular formula is C15H14ClN5O. The van der Waals surface area contributed by atoms with Gasteiger partial charge >= 0.3 is 0 Å². The molecule has 7 heteroatoms. The Balaban J connectivity index is 1.73. The van der Waals surface area contributed by atoms with E-state index in [1.807, 2.05) is 18.2 Å². The third-order valence-corrected chi connectivity index (χ3v) is 5.05. The highest BCUT2D eigenvalue weighted by molar-refractivity contribution is 6.31. The quantitative estimate of drug-likeness (QED) is 0.741. The van der Waals surface area contributed by atoms with E-state index in [0.29, 0.717) is 22.7 Å². The van der Waals surface area contributed by atoms with Crippen LogP contribution in [0.3, 0.4) is 0 Å². The third kappa shape index (κ3) is 1.48. The molecule has 2 aromatic heterocycles. The van der Waals surface area contributed by atoms with Gasteiger partial charge in [0.15, 0.2) is 11.4 Å². The first-order valence-electron chi connectivity index (χ1n) is 7.24. The van der Waals surface area contributed by atoms with Gasteiger partial charge in [0, 0.05) is 29.5 Å². The highest BCUT2D eigenvalue weighted by Crippen LogP contribution is 2.41. The van der Waals surface area contributed by atoms with Gasteiger partial charge in [-0.05, 0) is 25.2 Å². The number of halogens is 1. The molecule has 6 nitrogen and oxygen atoms in total. The number of nitrogen functional groups attached to an aromatic ring is 1. The number of anilines is 2. The van der Waals surface area contributed by atoms with Crippen molar-refractivity contribution in [2.75, 3.05) is 30.8 Å². The average Bonchev–Trinajstić information content (AvgIpc) is 2.82. The number of likely N-dealkylation sites (tertiary alicyclic amines) is 1. The summed E-state index contributed by atoms with van der Waals surface area (Å²) in [5, 5.41) is 1.53. The molecule has 2 aliphatic heterocycles. The first-order chi connectivity index (χ1) is 10.6. The summed E-state index contributed by atoms with van der Waals surface area (Å²) in [5.74, 6) is 1.06. The van der Waals surface area contributed by atoms with Crippen LogP contribution in [0, 0.1) is 0 Å². The number of rotatable bonds is 1. The highest BCUT2D eigenvalue weighted by Gasteiger charge is 2.51. The fourth-order valence-corrected chi connectivity index (χ4v) is 3.70. The first kappa shape index (κ1) is 12.5. The van der Waals surface area contributed by atoms with Crippen molar-refractivity contribution in [2.45, 2.75) is 12.1 Å². The lowest BCUT2D eigenvalue weighted by molar-refractivity contribution is 0.0363. The van der Waals surface area contributed by atoms with Crippen LogP contribution in [-0.2, 0) is 0 Å². The van der Waals surface area contributed by atoms with Gasteiger partial charge < -0.3 is 15.1 Å². The maximum absolute atomic E-state index is 6.09. The Morgan fingerprint density at radius 2 is 2.14 bits per heavy atom. The van der Waals surface area contributed by atoms with Crippen molar-refractivity contribution in [3.05, 3.63) is 23.2 Å². The lowest BCUT2D eigenvalue weighted by Gasteiger charge is -2.61. The smallest absolute Gasteiger partial charge is 0.222 e. The maximum Gasteiger partial charge on any atom is 0.222 e. The Bertz CT molecular complexity index is 923. The van der Waals surface area contributed by atoms with Gasteiger partial charge in [-0.1, -0.05) is 11.6 Å². The molecule has 2 saturated heterocycles. The van der Waals surface area contributed by atoms with E-state index in [-0.39, 0.29) is 5.95 Å². The second-order valence-corrected chi connectivity index (χ2v) is 6.49. The summed E-state index contributed by atoms with van der Waals surface area (Å²) in [6, 6.07) is 6.64. The van der Waals surface area contributed by atoms with Crippen LogP contribution in [0.15, 0.2) is 22.6 Å². The molecule has 2 N–H and O–H groups in total. The Kier molecular flexibility index (Phi) is 2.28. The van der Waals surface area contributed by atoms with Crippen molar-refractivity contribution in [3.63, 3.8) is 0 Å². The lowest BCUT2D eigenvalue weighted by Crippen LogP contribution is -2.78. The molecule has 0 bridgehead atoms. The van der Waals surface area contributed by atoms with E-state index in [0.717, 1.165) is 35.4 Å². The van der Waals surface area contributed by atoms with Crippen molar-refractivity contribution in [2.24, 2.45) is 0 Å². The molecule has 2 aliphatic rings. The predicted molar refractivity (Wildman–Crippen MR) is 86.3 cm³/mol. The van der Waals surface area contributed by atoms with Crippen LogP contribution in [-0.4, -0.2) is 47.1 Å². The van der Waals surface area contributed by atoms with E-state index >= 15 is 0 Å². The van der Waals surface area contributed by atoms with Crippen molar-refractivity contribution in [1.82, 2.24) is 14.9 Å². The number of hydrogen-bond acceptors (Lipinski definition) is 6. The van der Waals surface area contributed by atoms with E-state index in [1.54, 1.807) is 0 Å². The van der Waals surface area contributed by atoms with Crippen LogP contribution < -0.4 is 10.6 Å². The van der Waals surface area contributed by atoms with Crippen molar-refractivity contribution in [1.29, 1.82) is 0 Å². The molecule has 1 unspecified atom stereocenters. The molecule has 3 aromatic rings. The lowest BCUT2D eigenvalue weighted by atomic mass is 9.86. The summed E-state index contributed by atoms with van der Waals surface area (Å²) in [7, 11) is 2.14. The Labute approximate surface area is 131 Å². The minimum Gasteiger partial charge on any atom is -0.450 e. The van der Waals surface area contributed by atoms with E-state index in [4.69, 9.17) is 21.8 Å². The fraction of sp³-hybridized carbons (Fsp3) is 0.333. The molecule has 4 heterocycles. The number of benzene rings is 1. The maximum atomic E-state index is 6.09. The van der Waals surface area contributed by atoms with Gasteiger partial charge in [0.25, 0.3) is 0 Å². The third-order valence-electron chi connectivity index (χ3n) is 4.82. The summed E-state index contributed by atoms with van der Waals surface area (Å²) in [4.78, 5) is 13.4. The Morgan fingerprint density at radius 1 is 1.27 bits per heavy atom. The number of piperazine rings is 1. The largest absolute Gasteiger partial charge is 0.450 e. The van der Waals surface area contributed by atoms with Gasteiger partial charge in [-0.25, -0.2) is 4.98 Å². The Morgan fingerprint density at radius 3 is 2.86 bits per heavy atom.